The molecule has 3 heterocycles. The lowest BCUT2D eigenvalue weighted by molar-refractivity contribution is -0.132. The summed E-state index contributed by atoms with van der Waals surface area (Å²) in [6, 6.07) is 8.60. The first kappa shape index (κ1) is 29.7. The molecule has 0 bridgehead atoms. The van der Waals surface area contributed by atoms with Crippen LogP contribution in [0, 0.1) is 12.8 Å². The molecule has 0 fully saturated rings. The lowest BCUT2D eigenvalue weighted by atomic mass is 9.97. The molecule has 1 aliphatic rings. The quantitative estimate of drug-likeness (QED) is 0.333. The third-order valence-corrected chi connectivity index (χ3v) is 7.42. The van der Waals surface area contributed by atoms with Crippen molar-refractivity contribution in [3.8, 4) is 0 Å². The number of hydrogen-bond donors (Lipinski definition) is 4. The smallest absolute Gasteiger partial charge is 0.340 e. The van der Waals surface area contributed by atoms with Crippen LogP contribution in [0.5, 0.6) is 0 Å². The number of aromatic nitrogens is 6. The summed E-state index contributed by atoms with van der Waals surface area (Å²) >= 11 is 0. The fourth-order valence-electron chi connectivity index (χ4n) is 4.97. The summed E-state index contributed by atoms with van der Waals surface area (Å²) in [5.74, 6) is 0.862. The molecule has 3 amide bonds. The Morgan fingerprint density at radius 2 is 1.88 bits per heavy atom. The first-order chi connectivity index (χ1) is 19.7. The lowest BCUT2D eigenvalue weighted by Crippen LogP contribution is -2.51. The fraction of sp³-hybridized carbons (Fsp3) is 0.536. The van der Waals surface area contributed by atoms with Gasteiger partial charge in [0.05, 0.1) is 12.6 Å². The number of hydrogen-bond acceptors (Lipinski definition) is 7. The van der Waals surface area contributed by atoms with Gasteiger partial charge < -0.3 is 15.5 Å². The summed E-state index contributed by atoms with van der Waals surface area (Å²) in [5.41, 5.74) is 0.599. The second-order valence-corrected chi connectivity index (χ2v) is 10.5. The minimum atomic E-state index is -0.708. The van der Waals surface area contributed by atoms with Gasteiger partial charge in [-0.2, -0.15) is 10.2 Å². The molecule has 2 aromatic heterocycles. The zero-order chi connectivity index (χ0) is 29.4. The van der Waals surface area contributed by atoms with Crippen LogP contribution in [0.1, 0.15) is 68.6 Å². The number of carbonyl (C=O) groups excluding carboxylic acids is 3. The lowest BCUT2D eigenvalue weighted by Gasteiger charge is -2.28. The summed E-state index contributed by atoms with van der Waals surface area (Å²) in [5, 5.41) is 16.9. The van der Waals surface area contributed by atoms with Crippen molar-refractivity contribution in [2.24, 2.45) is 5.92 Å². The molecule has 4 rings (SSSR count). The van der Waals surface area contributed by atoms with Gasteiger partial charge in [-0.05, 0) is 31.2 Å². The van der Waals surface area contributed by atoms with Gasteiger partial charge in [-0.1, -0.05) is 50.6 Å². The van der Waals surface area contributed by atoms with Crippen LogP contribution in [0.4, 0.5) is 0 Å². The average Bonchev–Trinajstić information content (AvgIpc) is 3.55. The topological polar surface area (TPSA) is 171 Å². The highest BCUT2D eigenvalue weighted by Crippen LogP contribution is 2.20. The van der Waals surface area contributed by atoms with E-state index in [2.05, 4.69) is 35.9 Å². The molecule has 0 saturated heterocycles. The molecule has 3 atom stereocenters. The van der Waals surface area contributed by atoms with E-state index in [1.165, 1.54) is 0 Å². The largest absolute Gasteiger partial charge is 0.344 e. The number of nitrogens with one attached hydrogen (secondary N) is 4. The van der Waals surface area contributed by atoms with Crippen molar-refractivity contribution in [2.75, 3.05) is 13.1 Å². The van der Waals surface area contributed by atoms with Crippen LogP contribution in [0.25, 0.3) is 0 Å². The Hall–Kier alpha value is -4.29. The summed E-state index contributed by atoms with van der Waals surface area (Å²) in [6.07, 6.45) is 2.24. The van der Waals surface area contributed by atoms with Crippen LogP contribution in [0.2, 0.25) is 0 Å². The Bertz CT molecular complexity index is 1380. The summed E-state index contributed by atoms with van der Waals surface area (Å²) < 4.78 is 1.76. The van der Waals surface area contributed by atoms with Crippen LogP contribution < -0.4 is 16.3 Å². The van der Waals surface area contributed by atoms with Gasteiger partial charge in [-0.25, -0.2) is 19.6 Å². The molecule has 220 valence electrons. The molecule has 4 N–H and O–H groups in total. The number of aromatic amines is 2. The molecular formula is C28H39N9O4. The number of aryl methyl sites for hydroxylation is 2. The molecule has 3 aromatic rings. The number of amides is 3. The van der Waals surface area contributed by atoms with E-state index < -0.39 is 17.8 Å². The zero-order valence-corrected chi connectivity index (χ0v) is 23.9. The molecular weight excluding hydrogens is 526 g/mol. The molecule has 0 aliphatic carbocycles. The SMILES string of the molecule is CC[C@H](C)[C@@H]1NC(=O)CCCN(C(=O)CCc2n[nH]c(=O)[nH]2)CCn2nc(C)nc2[C@H](Cc2ccccc2)NC1=O. The number of nitrogens with zero attached hydrogens (tertiary/aromatic N) is 5. The third-order valence-electron chi connectivity index (χ3n) is 7.42. The maximum atomic E-state index is 13.6. The summed E-state index contributed by atoms with van der Waals surface area (Å²) in [6.45, 7) is 6.79. The van der Waals surface area contributed by atoms with Crippen LogP contribution in [0.3, 0.4) is 0 Å². The molecule has 1 aromatic carbocycles. The first-order valence-corrected chi connectivity index (χ1v) is 14.2. The van der Waals surface area contributed by atoms with Gasteiger partial charge >= 0.3 is 5.69 Å². The van der Waals surface area contributed by atoms with E-state index in [9.17, 15) is 19.2 Å². The van der Waals surface area contributed by atoms with Gasteiger partial charge in [-0.15, -0.1) is 0 Å². The van der Waals surface area contributed by atoms with E-state index in [1.54, 1.807) is 16.5 Å². The van der Waals surface area contributed by atoms with E-state index in [4.69, 9.17) is 0 Å². The Labute approximate surface area is 238 Å². The number of rotatable bonds is 7. The normalized spacial score (nSPS) is 19.5. The minimum Gasteiger partial charge on any atom is -0.344 e. The van der Waals surface area contributed by atoms with Gasteiger partial charge in [-0.3, -0.25) is 19.4 Å². The Morgan fingerprint density at radius 3 is 2.59 bits per heavy atom. The van der Waals surface area contributed by atoms with Crippen LogP contribution in [0.15, 0.2) is 35.1 Å². The highest BCUT2D eigenvalue weighted by atomic mass is 16.2. The van der Waals surface area contributed by atoms with E-state index in [1.807, 2.05) is 44.2 Å². The Balaban J connectivity index is 1.62. The molecule has 1 aliphatic heterocycles. The van der Waals surface area contributed by atoms with Crippen molar-refractivity contribution < 1.29 is 14.4 Å². The van der Waals surface area contributed by atoms with Crippen LogP contribution >= 0.6 is 0 Å². The molecule has 41 heavy (non-hydrogen) atoms. The van der Waals surface area contributed by atoms with Crippen molar-refractivity contribution in [3.05, 3.63) is 63.9 Å². The van der Waals surface area contributed by atoms with Gasteiger partial charge in [0.15, 0.2) is 0 Å². The highest BCUT2D eigenvalue weighted by molar-refractivity contribution is 5.88. The van der Waals surface area contributed by atoms with Crippen LogP contribution in [-0.4, -0.2) is 71.7 Å². The van der Waals surface area contributed by atoms with Crippen molar-refractivity contribution in [2.45, 2.75) is 77.9 Å². The number of H-pyrrole nitrogens is 2. The number of benzene rings is 1. The van der Waals surface area contributed by atoms with Crippen molar-refractivity contribution in [1.82, 2.24) is 45.5 Å². The van der Waals surface area contributed by atoms with Crippen LogP contribution in [-0.2, 0) is 33.8 Å². The van der Waals surface area contributed by atoms with E-state index in [0.29, 0.717) is 56.4 Å². The van der Waals surface area contributed by atoms with Gasteiger partial charge in [0.2, 0.25) is 17.7 Å². The van der Waals surface area contributed by atoms with Gasteiger partial charge in [0, 0.05) is 32.4 Å². The molecule has 0 radical (unpaired) electrons. The zero-order valence-electron chi connectivity index (χ0n) is 23.9. The van der Waals surface area contributed by atoms with Gasteiger partial charge in [0.25, 0.3) is 0 Å². The van der Waals surface area contributed by atoms with Crippen molar-refractivity contribution in [3.63, 3.8) is 0 Å². The van der Waals surface area contributed by atoms with Gasteiger partial charge in [0.1, 0.15) is 23.5 Å². The molecule has 0 spiro atoms. The predicted octanol–water partition coefficient (Wildman–Crippen LogP) is 1.18. The van der Waals surface area contributed by atoms with E-state index >= 15 is 0 Å². The Morgan fingerprint density at radius 1 is 1.10 bits per heavy atom. The van der Waals surface area contributed by atoms with Crippen molar-refractivity contribution >= 4 is 17.7 Å². The molecule has 13 nitrogen and oxygen atoms in total. The molecule has 0 unspecified atom stereocenters. The number of carbonyl (C=O) groups is 3. The van der Waals surface area contributed by atoms with Crippen molar-refractivity contribution in [1.29, 1.82) is 0 Å². The maximum absolute atomic E-state index is 13.6. The van der Waals surface area contributed by atoms with E-state index in [0.717, 1.165) is 5.56 Å². The standard InChI is InChI=1S/C28H39N9O4/c1-4-18(2)25-27(40)30-21(17-20-9-6-5-7-10-20)26-29-19(3)35-37(26)16-15-36(14-8-11-23(38)32-25)24(39)13-12-22-31-28(41)34-33-22/h5-7,9-10,18,21,25H,4,8,11-17H2,1-3H3,(H,30,40)(H,32,38)(H2,31,33,34,41)/t18-,21-,25-/m0/s1. The van der Waals surface area contributed by atoms with E-state index in [-0.39, 0.29) is 42.9 Å². The maximum Gasteiger partial charge on any atom is 0.340 e. The summed E-state index contributed by atoms with van der Waals surface area (Å²) in [7, 11) is 0. The monoisotopic (exact) mass is 565 g/mol. The second-order valence-electron chi connectivity index (χ2n) is 10.5. The third kappa shape index (κ3) is 8.12. The fourth-order valence-corrected chi connectivity index (χ4v) is 4.97. The summed E-state index contributed by atoms with van der Waals surface area (Å²) in [4.78, 5) is 60.1. The number of fused-ring (bicyclic) bond motifs is 1. The minimum absolute atomic E-state index is 0.0876. The highest BCUT2D eigenvalue weighted by Gasteiger charge is 2.30. The second kappa shape index (κ2) is 13.9. The first-order valence-electron chi connectivity index (χ1n) is 14.2. The predicted molar refractivity (Wildman–Crippen MR) is 151 cm³/mol. The molecule has 0 saturated carbocycles. The average molecular weight is 566 g/mol. The molecule has 13 heteroatoms. The Kier molecular flexibility index (Phi) is 10.0.